The molecule has 0 spiro atoms. The van der Waals surface area contributed by atoms with Gasteiger partial charge >= 0.3 is 5.97 Å². The van der Waals surface area contributed by atoms with Crippen LogP contribution in [0.25, 0.3) is 22.1 Å². The lowest BCUT2D eigenvalue weighted by Gasteiger charge is -2.07. The molecule has 23 heavy (non-hydrogen) atoms. The fourth-order valence-corrected chi connectivity index (χ4v) is 2.43. The highest BCUT2D eigenvalue weighted by molar-refractivity contribution is 5.95. The summed E-state index contributed by atoms with van der Waals surface area (Å²) in [4.78, 5) is 21.4. The Bertz CT molecular complexity index is 1010. The monoisotopic (exact) mass is 300 g/mol. The minimum absolute atomic E-state index is 0.409. The van der Waals surface area contributed by atoms with E-state index in [1.165, 1.54) is 0 Å². The number of para-hydroxylation sites is 3. The van der Waals surface area contributed by atoms with Crippen molar-refractivity contribution in [2.24, 2.45) is 0 Å². The number of benzene rings is 3. The second-order valence-electron chi connectivity index (χ2n) is 5.09. The molecule has 110 valence electrons. The molecule has 0 radical (unpaired) electrons. The highest BCUT2D eigenvalue weighted by atomic mass is 16.5. The minimum atomic E-state index is -0.409. The van der Waals surface area contributed by atoms with E-state index in [-0.39, 0.29) is 0 Å². The van der Waals surface area contributed by atoms with Crippen molar-refractivity contribution in [3.63, 3.8) is 0 Å². The number of hydrogen-bond donors (Lipinski definition) is 0. The zero-order valence-electron chi connectivity index (χ0n) is 12.1. The fourth-order valence-electron chi connectivity index (χ4n) is 2.43. The van der Waals surface area contributed by atoms with Gasteiger partial charge in [-0.25, -0.2) is 14.8 Å². The Morgan fingerprint density at radius 1 is 0.696 bits per heavy atom. The predicted molar refractivity (Wildman–Crippen MR) is 88.4 cm³/mol. The SMILES string of the molecule is O=C(Oc1cccc2nc3ccccc3nc12)c1ccccc1. The van der Waals surface area contributed by atoms with Gasteiger partial charge in [-0.3, -0.25) is 0 Å². The van der Waals surface area contributed by atoms with Gasteiger partial charge in [0, 0.05) is 0 Å². The van der Waals surface area contributed by atoms with Crippen LogP contribution in [0.4, 0.5) is 0 Å². The molecule has 0 saturated carbocycles. The highest BCUT2D eigenvalue weighted by Gasteiger charge is 2.12. The maximum absolute atomic E-state index is 12.3. The first-order valence-corrected chi connectivity index (χ1v) is 7.24. The average molecular weight is 300 g/mol. The van der Waals surface area contributed by atoms with Crippen LogP contribution in [-0.4, -0.2) is 15.9 Å². The van der Waals surface area contributed by atoms with Crippen molar-refractivity contribution in [3.05, 3.63) is 78.4 Å². The maximum atomic E-state index is 12.3. The van der Waals surface area contributed by atoms with Crippen LogP contribution in [0, 0.1) is 0 Å². The Morgan fingerprint density at radius 2 is 1.35 bits per heavy atom. The first kappa shape index (κ1) is 13.4. The van der Waals surface area contributed by atoms with Gasteiger partial charge < -0.3 is 4.74 Å². The normalized spacial score (nSPS) is 10.8. The second kappa shape index (κ2) is 5.50. The largest absolute Gasteiger partial charge is 0.421 e. The molecule has 0 atom stereocenters. The Hall–Kier alpha value is -3.27. The van der Waals surface area contributed by atoms with Crippen molar-refractivity contribution in [3.8, 4) is 5.75 Å². The molecular weight excluding hydrogens is 288 g/mol. The molecule has 0 fully saturated rings. The summed E-state index contributed by atoms with van der Waals surface area (Å²) >= 11 is 0. The molecule has 1 aromatic heterocycles. The van der Waals surface area contributed by atoms with E-state index in [2.05, 4.69) is 9.97 Å². The van der Waals surface area contributed by atoms with Gasteiger partial charge in [-0.05, 0) is 36.4 Å². The van der Waals surface area contributed by atoms with Gasteiger partial charge in [0.25, 0.3) is 0 Å². The van der Waals surface area contributed by atoms with Crippen molar-refractivity contribution >= 4 is 28.0 Å². The Kier molecular flexibility index (Phi) is 3.20. The van der Waals surface area contributed by atoms with E-state index in [1.54, 1.807) is 36.4 Å². The number of carbonyl (C=O) groups excluding carboxylic acids is 1. The smallest absolute Gasteiger partial charge is 0.343 e. The second-order valence-corrected chi connectivity index (χ2v) is 5.09. The van der Waals surface area contributed by atoms with Gasteiger partial charge in [0.15, 0.2) is 5.75 Å². The molecule has 0 bridgehead atoms. The summed E-state index contributed by atoms with van der Waals surface area (Å²) in [7, 11) is 0. The molecule has 0 aliphatic rings. The lowest BCUT2D eigenvalue weighted by Crippen LogP contribution is -2.08. The Balaban J connectivity index is 1.80. The first-order valence-electron chi connectivity index (χ1n) is 7.24. The number of rotatable bonds is 2. The number of esters is 1. The van der Waals surface area contributed by atoms with Gasteiger partial charge in [0.1, 0.15) is 5.52 Å². The van der Waals surface area contributed by atoms with Crippen LogP contribution in [0.2, 0.25) is 0 Å². The van der Waals surface area contributed by atoms with Gasteiger partial charge in [-0.15, -0.1) is 0 Å². The quantitative estimate of drug-likeness (QED) is 0.319. The summed E-state index contributed by atoms with van der Waals surface area (Å²) in [5, 5.41) is 0. The van der Waals surface area contributed by atoms with E-state index in [0.717, 1.165) is 11.0 Å². The lowest BCUT2D eigenvalue weighted by atomic mass is 10.2. The van der Waals surface area contributed by atoms with Crippen LogP contribution in [0.1, 0.15) is 10.4 Å². The van der Waals surface area contributed by atoms with E-state index in [4.69, 9.17) is 4.74 Å². The van der Waals surface area contributed by atoms with E-state index in [9.17, 15) is 4.79 Å². The van der Waals surface area contributed by atoms with E-state index in [0.29, 0.717) is 22.3 Å². The van der Waals surface area contributed by atoms with Gasteiger partial charge in [-0.2, -0.15) is 0 Å². The summed E-state index contributed by atoms with van der Waals surface area (Å²) in [5.74, 6) is 0.00247. The van der Waals surface area contributed by atoms with E-state index in [1.807, 2.05) is 36.4 Å². The molecular formula is C19H12N2O2. The number of ether oxygens (including phenoxy) is 1. The number of carbonyl (C=O) groups is 1. The molecule has 4 nitrogen and oxygen atoms in total. The van der Waals surface area contributed by atoms with E-state index < -0.39 is 5.97 Å². The summed E-state index contributed by atoms with van der Waals surface area (Å²) < 4.78 is 5.52. The summed E-state index contributed by atoms with van der Waals surface area (Å²) in [6.45, 7) is 0. The number of fused-ring (bicyclic) bond motifs is 2. The van der Waals surface area contributed by atoms with Gasteiger partial charge in [0.05, 0.1) is 22.1 Å². The molecule has 4 aromatic rings. The van der Waals surface area contributed by atoms with Gasteiger partial charge in [0.2, 0.25) is 0 Å². The van der Waals surface area contributed by atoms with Crippen LogP contribution < -0.4 is 4.74 Å². The molecule has 0 aliphatic carbocycles. The van der Waals surface area contributed by atoms with Crippen LogP contribution in [0.15, 0.2) is 72.8 Å². The molecule has 0 aliphatic heterocycles. The molecule has 4 rings (SSSR count). The topological polar surface area (TPSA) is 52.1 Å². The van der Waals surface area contributed by atoms with Crippen molar-refractivity contribution in [2.75, 3.05) is 0 Å². The summed E-state index contributed by atoms with van der Waals surface area (Å²) in [5.41, 5.74) is 3.35. The van der Waals surface area contributed by atoms with Crippen LogP contribution in [0.3, 0.4) is 0 Å². The van der Waals surface area contributed by atoms with Crippen molar-refractivity contribution < 1.29 is 9.53 Å². The third kappa shape index (κ3) is 2.51. The molecule has 1 heterocycles. The predicted octanol–water partition coefficient (Wildman–Crippen LogP) is 4.00. The summed E-state index contributed by atoms with van der Waals surface area (Å²) in [6.07, 6.45) is 0. The number of nitrogens with zero attached hydrogens (tertiary/aromatic N) is 2. The fraction of sp³-hybridized carbons (Fsp3) is 0. The van der Waals surface area contributed by atoms with Crippen molar-refractivity contribution in [1.29, 1.82) is 0 Å². The number of hydrogen-bond acceptors (Lipinski definition) is 4. The van der Waals surface area contributed by atoms with Crippen LogP contribution in [-0.2, 0) is 0 Å². The molecule has 0 unspecified atom stereocenters. The molecule has 0 saturated heterocycles. The van der Waals surface area contributed by atoms with Crippen molar-refractivity contribution in [2.45, 2.75) is 0 Å². The zero-order valence-corrected chi connectivity index (χ0v) is 12.1. The number of aromatic nitrogens is 2. The van der Waals surface area contributed by atoms with Gasteiger partial charge in [-0.1, -0.05) is 36.4 Å². The lowest BCUT2D eigenvalue weighted by molar-refractivity contribution is 0.0737. The van der Waals surface area contributed by atoms with Crippen LogP contribution in [0.5, 0.6) is 5.75 Å². The summed E-state index contributed by atoms with van der Waals surface area (Å²) in [6, 6.07) is 21.9. The van der Waals surface area contributed by atoms with E-state index >= 15 is 0 Å². The maximum Gasteiger partial charge on any atom is 0.343 e. The average Bonchev–Trinajstić information content (AvgIpc) is 2.61. The molecule has 4 heteroatoms. The Labute approximate surface area is 132 Å². The minimum Gasteiger partial charge on any atom is -0.421 e. The molecule has 3 aromatic carbocycles. The highest BCUT2D eigenvalue weighted by Crippen LogP contribution is 2.25. The third-order valence-corrected chi connectivity index (χ3v) is 3.54. The van der Waals surface area contributed by atoms with Crippen molar-refractivity contribution in [1.82, 2.24) is 9.97 Å². The zero-order chi connectivity index (χ0) is 15.6. The third-order valence-electron chi connectivity index (χ3n) is 3.54. The standard InChI is InChI=1S/C19H12N2O2/c22-19(13-7-2-1-3-8-13)23-17-12-6-11-16-18(17)21-15-10-5-4-9-14(15)20-16/h1-12H. The first-order chi connectivity index (χ1) is 11.3. The molecule has 0 amide bonds. The Morgan fingerprint density at radius 3 is 2.13 bits per heavy atom. The van der Waals surface area contributed by atoms with Crippen LogP contribution >= 0.6 is 0 Å². The molecule has 0 N–H and O–H groups in total.